The van der Waals surface area contributed by atoms with E-state index in [-0.39, 0.29) is 17.0 Å². The molecule has 1 aliphatic heterocycles. The third-order valence-electron chi connectivity index (χ3n) is 4.07. The van der Waals surface area contributed by atoms with E-state index in [1.54, 1.807) is 12.3 Å². The maximum Gasteiger partial charge on any atom is 0.270 e. The molecular formula is C17H18N4O4. The van der Waals surface area contributed by atoms with Crippen molar-refractivity contribution in [1.82, 2.24) is 4.98 Å². The number of non-ortho nitro benzene ring substituents is 1. The minimum absolute atomic E-state index is 0.0975. The van der Waals surface area contributed by atoms with E-state index in [0.717, 1.165) is 31.7 Å². The lowest BCUT2D eigenvalue weighted by Gasteiger charge is -2.16. The Morgan fingerprint density at radius 1 is 1.28 bits per heavy atom. The first-order valence-corrected chi connectivity index (χ1v) is 7.93. The summed E-state index contributed by atoms with van der Waals surface area (Å²) in [7, 11) is 1.41. The van der Waals surface area contributed by atoms with Crippen LogP contribution in [0, 0.1) is 10.1 Å². The Bertz CT molecular complexity index is 786. The number of nitro benzene ring substituents is 1. The van der Waals surface area contributed by atoms with Crippen molar-refractivity contribution in [1.29, 1.82) is 0 Å². The van der Waals surface area contributed by atoms with Crippen molar-refractivity contribution >= 4 is 23.1 Å². The van der Waals surface area contributed by atoms with Crippen molar-refractivity contribution in [2.24, 2.45) is 0 Å². The molecule has 1 aliphatic rings. The van der Waals surface area contributed by atoms with E-state index in [0.29, 0.717) is 5.69 Å². The van der Waals surface area contributed by atoms with Gasteiger partial charge in [0.25, 0.3) is 11.6 Å². The zero-order valence-corrected chi connectivity index (χ0v) is 13.8. The van der Waals surface area contributed by atoms with Crippen LogP contribution in [0.3, 0.4) is 0 Å². The third-order valence-corrected chi connectivity index (χ3v) is 4.07. The molecule has 0 spiro atoms. The van der Waals surface area contributed by atoms with Gasteiger partial charge in [-0.15, -0.1) is 0 Å². The maximum atomic E-state index is 12.5. The van der Waals surface area contributed by atoms with Gasteiger partial charge in [0.05, 0.1) is 29.5 Å². The van der Waals surface area contributed by atoms with Crippen molar-refractivity contribution in [2.75, 3.05) is 30.4 Å². The smallest absolute Gasteiger partial charge is 0.270 e. The number of rotatable bonds is 5. The Morgan fingerprint density at radius 2 is 2.04 bits per heavy atom. The third kappa shape index (κ3) is 3.68. The highest BCUT2D eigenvalue weighted by Crippen LogP contribution is 2.25. The molecule has 0 bridgehead atoms. The molecule has 0 radical (unpaired) electrons. The van der Waals surface area contributed by atoms with Gasteiger partial charge >= 0.3 is 0 Å². The lowest BCUT2D eigenvalue weighted by atomic mass is 10.1. The van der Waals surface area contributed by atoms with E-state index in [9.17, 15) is 14.9 Å². The molecule has 0 saturated carbocycles. The van der Waals surface area contributed by atoms with Gasteiger partial charge < -0.3 is 15.0 Å². The van der Waals surface area contributed by atoms with Gasteiger partial charge in [-0.25, -0.2) is 4.98 Å². The minimum Gasteiger partial charge on any atom is -0.496 e. The summed E-state index contributed by atoms with van der Waals surface area (Å²) in [5.41, 5.74) is 0.440. The number of benzene rings is 1. The molecule has 1 amide bonds. The molecule has 2 aromatic rings. The standard InChI is InChI=1S/C17H18N4O4/c1-25-15-6-5-13(21(23)24)10-14(15)17(22)19-12-4-7-16(18-11-12)20-8-2-3-9-20/h4-7,10-11H,2-3,8-9H2,1H3,(H,19,22). The number of nitrogens with zero attached hydrogens (tertiary/aromatic N) is 3. The second kappa shape index (κ2) is 7.16. The van der Waals surface area contributed by atoms with E-state index in [1.165, 1.54) is 25.3 Å². The van der Waals surface area contributed by atoms with Crippen LogP contribution in [0.1, 0.15) is 23.2 Å². The van der Waals surface area contributed by atoms with Crippen LogP contribution in [0.15, 0.2) is 36.5 Å². The van der Waals surface area contributed by atoms with Gasteiger partial charge in [-0.1, -0.05) is 0 Å². The summed E-state index contributed by atoms with van der Waals surface area (Å²) in [5.74, 6) is 0.657. The quantitative estimate of drug-likeness (QED) is 0.663. The minimum atomic E-state index is -0.553. The average Bonchev–Trinajstić information content (AvgIpc) is 3.16. The predicted octanol–water partition coefficient (Wildman–Crippen LogP) is 2.85. The molecule has 8 nitrogen and oxygen atoms in total. The topological polar surface area (TPSA) is 97.6 Å². The Balaban J connectivity index is 1.77. The van der Waals surface area contributed by atoms with Crippen LogP contribution in [0.25, 0.3) is 0 Å². The van der Waals surface area contributed by atoms with Gasteiger partial charge in [-0.05, 0) is 31.0 Å². The number of pyridine rings is 1. The SMILES string of the molecule is COc1ccc([N+](=O)[O-])cc1C(=O)Nc1ccc(N2CCCC2)nc1. The van der Waals surface area contributed by atoms with Gasteiger partial charge in [-0.3, -0.25) is 14.9 Å². The van der Waals surface area contributed by atoms with Crippen molar-refractivity contribution in [3.63, 3.8) is 0 Å². The summed E-state index contributed by atoms with van der Waals surface area (Å²) in [6.45, 7) is 1.98. The predicted molar refractivity (Wildman–Crippen MR) is 93.3 cm³/mol. The lowest BCUT2D eigenvalue weighted by Crippen LogP contribution is -2.19. The monoisotopic (exact) mass is 342 g/mol. The van der Waals surface area contributed by atoms with Crippen LogP contribution in [0.5, 0.6) is 5.75 Å². The van der Waals surface area contributed by atoms with Crippen LogP contribution in [-0.2, 0) is 0 Å². The first-order valence-electron chi connectivity index (χ1n) is 7.93. The Labute approximate surface area is 144 Å². The van der Waals surface area contributed by atoms with E-state index < -0.39 is 10.8 Å². The van der Waals surface area contributed by atoms with Crippen LogP contribution in [-0.4, -0.2) is 36.0 Å². The van der Waals surface area contributed by atoms with E-state index in [2.05, 4.69) is 15.2 Å². The van der Waals surface area contributed by atoms with Gasteiger partial charge in [0.2, 0.25) is 0 Å². The number of aromatic nitrogens is 1. The number of hydrogen-bond acceptors (Lipinski definition) is 6. The lowest BCUT2D eigenvalue weighted by molar-refractivity contribution is -0.384. The zero-order chi connectivity index (χ0) is 17.8. The maximum absolute atomic E-state index is 12.5. The molecule has 1 fully saturated rings. The van der Waals surface area contributed by atoms with Crippen LogP contribution in [0.4, 0.5) is 17.2 Å². The molecule has 1 aromatic carbocycles. The summed E-state index contributed by atoms with van der Waals surface area (Å²) in [6, 6.07) is 7.51. The number of hydrogen-bond donors (Lipinski definition) is 1. The number of methoxy groups -OCH3 is 1. The van der Waals surface area contributed by atoms with Crippen molar-refractivity contribution in [3.05, 3.63) is 52.2 Å². The summed E-state index contributed by atoms with van der Waals surface area (Å²) >= 11 is 0. The first-order chi connectivity index (χ1) is 12.1. The fourth-order valence-electron chi connectivity index (χ4n) is 2.78. The van der Waals surface area contributed by atoms with Crippen molar-refractivity contribution in [3.8, 4) is 5.75 Å². The van der Waals surface area contributed by atoms with E-state index in [1.807, 2.05) is 6.07 Å². The molecule has 0 atom stereocenters. The number of anilines is 2. The number of ether oxygens (including phenoxy) is 1. The number of nitro groups is 1. The second-order valence-electron chi connectivity index (χ2n) is 5.70. The Hall–Kier alpha value is -3.16. The molecule has 2 heterocycles. The molecule has 3 rings (SSSR count). The van der Waals surface area contributed by atoms with Gasteiger partial charge in [0, 0.05) is 25.2 Å². The number of carbonyl (C=O) groups excluding carboxylic acids is 1. The fraction of sp³-hybridized carbons (Fsp3) is 0.294. The van der Waals surface area contributed by atoms with Crippen LogP contribution >= 0.6 is 0 Å². The number of amides is 1. The molecule has 1 N–H and O–H groups in total. The molecule has 1 aromatic heterocycles. The summed E-state index contributed by atoms with van der Waals surface area (Å²) in [6.07, 6.45) is 3.90. The van der Waals surface area contributed by atoms with E-state index >= 15 is 0 Å². The van der Waals surface area contributed by atoms with Crippen LogP contribution in [0.2, 0.25) is 0 Å². The molecular weight excluding hydrogens is 324 g/mol. The number of carbonyl (C=O) groups is 1. The zero-order valence-electron chi connectivity index (χ0n) is 13.8. The molecule has 0 unspecified atom stereocenters. The molecule has 25 heavy (non-hydrogen) atoms. The molecule has 0 aliphatic carbocycles. The Morgan fingerprint density at radius 3 is 2.64 bits per heavy atom. The van der Waals surface area contributed by atoms with Gasteiger partial charge in [-0.2, -0.15) is 0 Å². The highest BCUT2D eigenvalue weighted by atomic mass is 16.6. The highest BCUT2D eigenvalue weighted by Gasteiger charge is 2.18. The Kier molecular flexibility index (Phi) is 4.78. The largest absolute Gasteiger partial charge is 0.496 e. The first kappa shape index (κ1) is 16.7. The van der Waals surface area contributed by atoms with Gasteiger partial charge in [0.1, 0.15) is 11.6 Å². The fourth-order valence-corrected chi connectivity index (χ4v) is 2.78. The van der Waals surface area contributed by atoms with Gasteiger partial charge in [0.15, 0.2) is 0 Å². The summed E-state index contributed by atoms with van der Waals surface area (Å²) in [4.78, 5) is 29.4. The van der Waals surface area contributed by atoms with Crippen molar-refractivity contribution in [2.45, 2.75) is 12.8 Å². The molecule has 1 saturated heterocycles. The second-order valence-corrected chi connectivity index (χ2v) is 5.70. The number of nitrogens with one attached hydrogen (secondary N) is 1. The van der Waals surface area contributed by atoms with E-state index in [4.69, 9.17) is 4.74 Å². The summed E-state index contributed by atoms with van der Waals surface area (Å²) < 4.78 is 5.12. The highest BCUT2D eigenvalue weighted by molar-refractivity contribution is 6.06. The molecule has 130 valence electrons. The molecule has 8 heteroatoms. The van der Waals surface area contributed by atoms with Crippen molar-refractivity contribution < 1.29 is 14.5 Å². The normalized spacial score (nSPS) is 13.6. The summed E-state index contributed by atoms with van der Waals surface area (Å²) in [5, 5.41) is 13.6. The average molecular weight is 342 g/mol. The van der Waals surface area contributed by atoms with Crippen LogP contribution < -0.4 is 15.0 Å².